The molecular formula is C14H27NO2. The van der Waals surface area contributed by atoms with Crippen LogP contribution in [0, 0.1) is 11.3 Å². The highest BCUT2D eigenvalue weighted by molar-refractivity contribution is 4.86. The molecule has 100 valence electrons. The van der Waals surface area contributed by atoms with Gasteiger partial charge in [0.25, 0.3) is 0 Å². The van der Waals surface area contributed by atoms with Crippen LogP contribution in [-0.4, -0.2) is 39.5 Å². The number of hydrogen-bond donors (Lipinski definition) is 1. The third-order valence-electron chi connectivity index (χ3n) is 4.37. The van der Waals surface area contributed by atoms with Crippen molar-refractivity contribution >= 4 is 0 Å². The predicted molar refractivity (Wildman–Crippen MR) is 69.2 cm³/mol. The Bertz CT molecular complexity index is 208. The Kier molecular flexibility index (Phi) is 5.26. The Balaban J connectivity index is 1.88. The number of nitrogens with one attached hydrogen (secondary N) is 1. The zero-order valence-corrected chi connectivity index (χ0v) is 11.2. The first-order valence-corrected chi connectivity index (χ1v) is 7.21. The minimum atomic E-state index is 0.496. The van der Waals surface area contributed by atoms with Crippen LogP contribution in [0.1, 0.15) is 39.0 Å². The van der Waals surface area contributed by atoms with Crippen molar-refractivity contribution in [3.05, 3.63) is 0 Å². The molecule has 17 heavy (non-hydrogen) atoms. The summed E-state index contributed by atoms with van der Waals surface area (Å²) in [5.41, 5.74) is 0.496. The van der Waals surface area contributed by atoms with E-state index in [1.54, 1.807) is 0 Å². The van der Waals surface area contributed by atoms with Crippen LogP contribution in [0.4, 0.5) is 0 Å². The van der Waals surface area contributed by atoms with Gasteiger partial charge < -0.3 is 14.8 Å². The van der Waals surface area contributed by atoms with Crippen molar-refractivity contribution in [1.29, 1.82) is 0 Å². The van der Waals surface area contributed by atoms with Crippen LogP contribution in [0.3, 0.4) is 0 Å². The fourth-order valence-corrected chi connectivity index (χ4v) is 3.21. The van der Waals surface area contributed by atoms with Gasteiger partial charge in [-0.1, -0.05) is 6.92 Å². The van der Waals surface area contributed by atoms with E-state index in [9.17, 15) is 0 Å². The quantitative estimate of drug-likeness (QED) is 0.800. The van der Waals surface area contributed by atoms with Crippen LogP contribution in [0.5, 0.6) is 0 Å². The van der Waals surface area contributed by atoms with Gasteiger partial charge in [-0.05, 0) is 50.0 Å². The van der Waals surface area contributed by atoms with Crippen LogP contribution in [0.15, 0.2) is 0 Å². The molecule has 0 aromatic rings. The van der Waals surface area contributed by atoms with Crippen molar-refractivity contribution in [2.45, 2.75) is 39.0 Å². The molecule has 2 aliphatic heterocycles. The maximum Gasteiger partial charge on any atom is 0.0471 e. The monoisotopic (exact) mass is 241 g/mol. The summed E-state index contributed by atoms with van der Waals surface area (Å²) in [7, 11) is 0. The molecule has 0 aliphatic carbocycles. The largest absolute Gasteiger partial charge is 0.381 e. The smallest absolute Gasteiger partial charge is 0.0471 e. The van der Waals surface area contributed by atoms with E-state index in [-0.39, 0.29) is 0 Å². The summed E-state index contributed by atoms with van der Waals surface area (Å²) < 4.78 is 11.0. The lowest BCUT2D eigenvalue weighted by molar-refractivity contribution is -0.0134. The van der Waals surface area contributed by atoms with Gasteiger partial charge in [-0.25, -0.2) is 0 Å². The van der Waals surface area contributed by atoms with Crippen molar-refractivity contribution in [2.75, 3.05) is 39.5 Å². The van der Waals surface area contributed by atoms with Crippen molar-refractivity contribution in [3.63, 3.8) is 0 Å². The van der Waals surface area contributed by atoms with Gasteiger partial charge in [-0.15, -0.1) is 0 Å². The highest BCUT2D eigenvalue weighted by atomic mass is 16.5. The van der Waals surface area contributed by atoms with Crippen LogP contribution < -0.4 is 5.32 Å². The van der Waals surface area contributed by atoms with E-state index < -0.39 is 0 Å². The van der Waals surface area contributed by atoms with Crippen LogP contribution >= 0.6 is 0 Å². The third kappa shape index (κ3) is 3.94. The van der Waals surface area contributed by atoms with Gasteiger partial charge in [0, 0.05) is 33.0 Å². The Labute approximate surface area is 105 Å². The maximum atomic E-state index is 5.54. The third-order valence-corrected chi connectivity index (χ3v) is 4.37. The first-order valence-electron chi connectivity index (χ1n) is 7.21. The molecule has 0 aromatic carbocycles. The summed E-state index contributed by atoms with van der Waals surface area (Å²) in [5, 5.41) is 3.56. The van der Waals surface area contributed by atoms with Crippen molar-refractivity contribution < 1.29 is 9.47 Å². The molecule has 0 aromatic heterocycles. The van der Waals surface area contributed by atoms with Gasteiger partial charge in [-0.2, -0.15) is 0 Å². The minimum absolute atomic E-state index is 0.496. The number of rotatable bonds is 5. The molecule has 0 spiro atoms. The Morgan fingerprint density at radius 3 is 2.35 bits per heavy atom. The molecule has 1 N–H and O–H groups in total. The summed E-state index contributed by atoms with van der Waals surface area (Å²) in [6, 6.07) is 0. The van der Waals surface area contributed by atoms with E-state index >= 15 is 0 Å². The lowest BCUT2D eigenvalue weighted by Gasteiger charge is -2.41. The molecule has 0 radical (unpaired) electrons. The van der Waals surface area contributed by atoms with E-state index in [0.717, 1.165) is 38.9 Å². The first-order chi connectivity index (χ1) is 8.35. The molecule has 0 saturated carbocycles. The van der Waals surface area contributed by atoms with Crippen molar-refractivity contribution in [3.8, 4) is 0 Å². The van der Waals surface area contributed by atoms with E-state index in [1.165, 1.54) is 38.6 Å². The molecular weight excluding hydrogens is 214 g/mol. The van der Waals surface area contributed by atoms with Gasteiger partial charge in [-0.3, -0.25) is 0 Å². The summed E-state index contributed by atoms with van der Waals surface area (Å²) in [4.78, 5) is 0. The standard InChI is InChI=1S/C14H27NO2/c1-2-15-12-14(5-9-17-10-6-14)11-13-3-7-16-8-4-13/h13,15H,2-12H2,1H3. The van der Waals surface area contributed by atoms with Gasteiger partial charge in [0.1, 0.15) is 0 Å². The highest BCUT2D eigenvalue weighted by Gasteiger charge is 2.34. The second-order valence-corrected chi connectivity index (χ2v) is 5.65. The average molecular weight is 241 g/mol. The van der Waals surface area contributed by atoms with E-state index in [1.807, 2.05) is 0 Å². The Morgan fingerprint density at radius 2 is 1.71 bits per heavy atom. The number of hydrogen-bond acceptors (Lipinski definition) is 3. The lowest BCUT2D eigenvalue weighted by atomic mass is 9.71. The second-order valence-electron chi connectivity index (χ2n) is 5.65. The molecule has 0 atom stereocenters. The topological polar surface area (TPSA) is 30.5 Å². The zero-order valence-electron chi connectivity index (χ0n) is 11.2. The normalized spacial score (nSPS) is 25.9. The molecule has 2 fully saturated rings. The van der Waals surface area contributed by atoms with Crippen LogP contribution in [0.25, 0.3) is 0 Å². The molecule has 0 bridgehead atoms. The molecule has 2 heterocycles. The minimum Gasteiger partial charge on any atom is -0.381 e. The second kappa shape index (κ2) is 6.72. The van der Waals surface area contributed by atoms with Crippen molar-refractivity contribution in [1.82, 2.24) is 5.32 Å². The van der Waals surface area contributed by atoms with Gasteiger partial charge in [0.2, 0.25) is 0 Å². The summed E-state index contributed by atoms with van der Waals surface area (Å²) in [6.07, 6.45) is 6.35. The summed E-state index contributed by atoms with van der Waals surface area (Å²) >= 11 is 0. The van der Waals surface area contributed by atoms with E-state index in [4.69, 9.17) is 9.47 Å². The van der Waals surface area contributed by atoms with Gasteiger partial charge in [0.05, 0.1) is 0 Å². The van der Waals surface area contributed by atoms with Gasteiger partial charge >= 0.3 is 0 Å². The average Bonchev–Trinajstić information content (AvgIpc) is 2.39. The summed E-state index contributed by atoms with van der Waals surface area (Å²) in [5.74, 6) is 0.875. The molecule has 2 aliphatic rings. The maximum absolute atomic E-state index is 5.54. The van der Waals surface area contributed by atoms with Crippen LogP contribution in [-0.2, 0) is 9.47 Å². The fraction of sp³-hybridized carbons (Fsp3) is 1.00. The molecule has 0 amide bonds. The Morgan fingerprint density at radius 1 is 1.06 bits per heavy atom. The molecule has 3 nitrogen and oxygen atoms in total. The van der Waals surface area contributed by atoms with Gasteiger partial charge in [0.15, 0.2) is 0 Å². The zero-order chi connectivity index (χ0) is 12.0. The summed E-state index contributed by atoms with van der Waals surface area (Å²) in [6.45, 7) is 8.29. The molecule has 0 unspecified atom stereocenters. The number of ether oxygens (including phenoxy) is 2. The van der Waals surface area contributed by atoms with Crippen molar-refractivity contribution in [2.24, 2.45) is 11.3 Å². The molecule has 3 heteroatoms. The highest BCUT2D eigenvalue weighted by Crippen LogP contribution is 2.39. The van der Waals surface area contributed by atoms with E-state index in [2.05, 4.69) is 12.2 Å². The first kappa shape index (κ1) is 13.3. The SMILES string of the molecule is CCNCC1(CC2CCOCC2)CCOCC1. The fourth-order valence-electron chi connectivity index (χ4n) is 3.21. The predicted octanol–water partition coefficient (Wildman–Crippen LogP) is 2.21. The lowest BCUT2D eigenvalue weighted by Crippen LogP contribution is -2.41. The van der Waals surface area contributed by atoms with Crippen LogP contribution in [0.2, 0.25) is 0 Å². The Hall–Kier alpha value is -0.120. The molecule has 2 rings (SSSR count). The van der Waals surface area contributed by atoms with E-state index in [0.29, 0.717) is 5.41 Å². The molecule has 2 saturated heterocycles.